The Morgan fingerprint density at radius 1 is 1.08 bits per heavy atom. The number of nitrogens with zero attached hydrogens (tertiary/aromatic N) is 1. The number of carbonyl (C=O) groups excluding carboxylic acids is 1. The summed E-state index contributed by atoms with van der Waals surface area (Å²) in [7, 11) is -0.552. The van der Waals surface area contributed by atoms with Crippen LogP contribution in [0.2, 0.25) is 0 Å². The fourth-order valence-corrected chi connectivity index (χ4v) is 3.00. The summed E-state index contributed by atoms with van der Waals surface area (Å²) in [5.74, 6) is 0.337. The van der Waals surface area contributed by atoms with Gasteiger partial charge in [0.05, 0.1) is 4.90 Å². The van der Waals surface area contributed by atoms with Crippen LogP contribution in [0.15, 0.2) is 53.4 Å². The molecule has 0 spiro atoms. The second-order valence-corrected chi connectivity index (χ2v) is 7.98. The molecule has 0 aromatic heterocycles. The van der Waals surface area contributed by atoms with Gasteiger partial charge in [0.2, 0.25) is 10.0 Å². The van der Waals surface area contributed by atoms with Gasteiger partial charge in [0.15, 0.2) is 6.10 Å². The SMILES string of the molecule is Cc1ccccc1OC(C)C(=O)Nc1ccc(S(=O)(=O)N(C)C)cc1. The summed E-state index contributed by atoms with van der Waals surface area (Å²) in [6, 6.07) is 13.5. The zero-order valence-electron chi connectivity index (χ0n) is 14.7. The number of ether oxygens (including phenoxy) is 1. The van der Waals surface area contributed by atoms with Gasteiger partial charge in [-0.05, 0) is 49.7 Å². The molecule has 2 aromatic rings. The van der Waals surface area contributed by atoms with Crippen molar-refractivity contribution in [1.82, 2.24) is 4.31 Å². The number of para-hydroxylation sites is 1. The Hall–Kier alpha value is -2.38. The van der Waals surface area contributed by atoms with Gasteiger partial charge in [-0.15, -0.1) is 0 Å². The average molecular weight is 362 g/mol. The van der Waals surface area contributed by atoms with E-state index >= 15 is 0 Å². The monoisotopic (exact) mass is 362 g/mol. The molecule has 0 aliphatic rings. The molecule has 1 amide bonds. The summed E-state index contributed by atoms with van der Waals surface area (Å²) in [5.41, 5.74) is 1.45. The molecule has 1 atom stereocenters. The van der Waals surface area contributed by atoms with Crippen molar-refractivity contribution in [2.75, 3.05) is 19.4 Å². The molecule has 25 heavy (non-hydrogen) atoms. The number of benzene rings is 2. The number of carbonyl (C=O) groups is 1. The number of hydrogen-bond donors (Lipinski definition) is 1. The van der Waals surface area contributed by atoms with Crippen LogP contribution < -0.4 is 10.1 Å². The number of nitrogens with one attached hydrogen (secondary N) is 1. The van der Waals surface area contributed by atoms with Crippen molar-refractivity contribution in [3.63, 3.8) is 0 Å². The minimum Gasteiger partial charge on any atom is -0.481 e. The standard InChI is InChI=1S/C18H22N2O4S/c1-13-7-5-6-8-17(13)24-14(2)18(21)19-15-9-11-16(12-10-15)25(22,23)20(3)4/h5-12,14H,1-4H3,(H,19,21). The van der Waals surface area contributed by atoms with E-state index in [2.05, 4.69) is 5.32 Å². The molecule has 0 heterocycles. The lowest BCUT2D eigenvalue weighted by molar-refractivity contribution is -0.122. The molecule has 0 aliphatic carbocycles. The number of sulfonamides is 1. The molecule has 2 aromatic carbocycles. The molecule has 1 N–H and O–H groups in total. The van der Waals surface area contributed by atoms with Crippen LogP contribution in [0.3, 0.4) is 0 Å². The van der Waals surface area contributed by atoms with Gasteiger partial charge in [-0.2, -0.15) is 0 Å². The first-order valence-corrected chi connectivity index (χ1v) is 9.21. The molecule has 134 valence electrons. The Labute approximate surface area is 148 Å². The van der Waals surface area contributed by atoms with Crippen LogP contribution >= 0.6 is 0 Å². The summed E-state index contributed by atoms with van der Waals surface area (Å²) in [6.45, 7) is 3.57. The molecule has 7 heteroatoms. The summed E-state index contributed by atoms with van der Waals surface area (Å²) >= 11 is 0. The van der Waals surface area contributed by atoms with E-state index in [0.29, 0.717) is 11.4 Å². The van der Waals surface area contributed by atoms with E-state index in [1.54, 1.807) is 25.1 Å². The van der Waals surface area contributed by atoms with Crippen LogP contribution in [0, 0.1) is 6.92 Å². The number of anilines is 1. The van der Waals surface area contributed by atoms with Crippen molar-refractivity contribution in [1.29, 1.82) is 0 Å². The number of amides is 1. The van der Waals surface area contributed by atoms with E-state index in [1.807, 2.05) is 25.1 Å². The van der Waals surface area contributed by atoms with Crippen molar-refractivity contribution in [2.45, 2.75) is 24.8 Å². The Kier molecular flexibility index (Phi) is 5.81. The molecule has 1 unspecified atom stereocenters. The molecule has 0 saturated heterocycles. The van der Waals surface area contributed by atoms with Crippen LogP contribution in [-0.2, 0) is 14.8 Å². The van der Waals surface area contributed by atoms with Crippen LogP contribution in [0.25, 0.3) is 0 Å². The Morgan fingerprint density at radius 3 is 2.24 bits per heavy atom. The molecule has 6 nitrogen and oxygen atoms in total. The maximum absolute atomic E-state index is 12.3. The first kappa shape index (κ1) is 19.0. The van der Waals surface area contributed by atoms with Gasteiger partial charge in [0.1, 0.15) is 5.75 Å². The molecule has 0 saturated carbocycles. The zero-order chi connectivity index (χ0) is 18.6. The van der Waals surface area contributed by atoms with Gasteiger partial charge in [-0.3, -0.25) is 4.79 Å². The zero-order valence-corrected chi connectivity index (χ0v) is 15.5. The lowest BCUT2D eigenvalue weighted by atomic mass is 10.2. The van der Waals surface area contributed by atoms with Gasteiger partial charge in [-0.25, -0.2) is 12.7 Å². The van der Waals surface area contributed by atoms with Crippen molar-refractivity contribution < 1.29 is 17.9 Å². The smallest absolute Gasteiger partial charge is 0.265 e. The highest BCUT2D eigenvalue weighted by molar-refractivity contribution is 7.89. The van der Waals surface area contributed by atoms with Crippen molar-refractivity contribution >= 4 is 21.6 Å². The normalized spacial score (nSPS) is 12.7. The molecule has 0 fully saturated rings. The van der Waals surface area contributed by atoms with Gasteiger partial charge >= 0.3 is 0 Å². The minimum absolute atomic E-state index is 0.166. The molecule has 0 radical (unpaired) electrons. The Balaban J connectivity index is 2.04. The quantitative estimate of drug-likeness (QED) is 0.857. The summed E-state index contributed by atoms with van der Waals surface area (Å²) < 4.78 is 30.9. The first-order valence-electron chi connectivity index (χ1n) is 7.77. The number of aryl methyl sites for hydroxylation is 1. The third-order valence-electron chi connectivity index (χ3n) is 3.67. The second kappa shape index (κ2) is 7.67. The fraction of sp³-hybridized carbons (Fsp3) is 0.278. The van der Waals surface area contributed by atoms with E-state index in [4.69, 9.17) is 4.74 Å². The third kappa shape index (κ3) is 4.58. The van der Waals surface area contributed by atoms with Gasteiger partial charge in [-0.1, -0.05) is 18.2 Å². The molecular weight excluding hydrogens is 340 g/mol. The molecular formula is C18H22N2O4S. The van der Waals surface area contributed by atoms with Crippen LogP contribution in [-0.4, -0.2) is 38.8 Å². The summed E-state index contributed by atoms with van der Waals surface area (Å²) in [5, 5.41) is 2.72. The summed E-state index contributed by atoms with van der Waals surface area (Å²) in [6.07, 6.45) is -0.689. The van der Waals surface area contributed by atoms with Crippen molar-refractivity contribution in [3.05, 3.63) is 54.1 Å². The fourth-order valence-electron chi connectivity index (χ4n) is 2.10. The van der Waals surface area contributed by atoms with Gasteiger partial charge < -0.3 is 10.1 Å². The maximum Gasteiger partial charge on any atom is 0.265 e. The molecule has 0 aliphatic heterocycles. The number of hydrogen-bond acceptors (Lipinski definition) is 4. The van der Waals surface area contributed by atoms with E-state index in [9.17, 15) is 13.2 Å². The summed E-state index contributed by atoms with van der Waals surface area (Å²) in [4.78, 5) is 12.4. The lowest BCUT2D eigenvalue weighted by Gasteiger charge is -2.16. The lowest BCUT2D eigenvalue weighted by Crippen LogP contribution is -2.30. The van der Waals surface area contributed by atoms with Gasteiger partial charge in [0, 0.05) is 19.8 Å². The largest absolute Gasteiger partial charge is 0.481 e. The Morgan fingerprint density at radius 2 is 1.68 bits per heavy atom. The minimum atomic E-state index is -3.49. The van der Waals surface area contributed by atoms with Crippen molar-refractivity contribution in [2.24, 2.45) is 0 Å². The highest BCUT2D eigenvalue weighted by Gasteiger charge is 2.18. The number of rotatable bonds is 6. The van der Waals surface area contributed by atoms with E-state index in [-0.39, 0.29) is 10.8 Å². The van der Waals surface area contributed by atoms with Crippen LogP contribution in [0.4, 0.5) is 5.69 Å². The predicted octanol–water partition coefficient (Wildman–Crippen LogP) is 2.65. The van der Waals surface area contributed by atoms with Crippen molar-refractivity contribution in [3.8, 4) is 5.75 Å². The highest BCUT2D eigenvalue weighted by Crippen LogP contribution is 2.19. The first-order chi connectivity index (χ1) is 11.7. The van der Waals surface area contributed by atoms with E-state index < -0.39 is 16.1 Å². The predicted molar refractivity (Wildman–Crippen MR) is 97.2 cm³/mol. The average Bonchev–Trinajstić information content (AvgIpc) is 2.57. The van der Waals surface area contributed by atoms with Crippen LogP contribution in [0.1, 0.15) is 12.5 Å². The molecule has 2 rings (SSSR count). The highest BCUT2D eigenvalue weighted by atomic mass is 32.2. The van der Waals surface area contributed by atoms with Gasteiger partial charge in [0.25, 0.3) is 5.91 Å². The van der Waals surface area contributed by atoms with E-state index in [1.165, 1.54) is 26.2 Å². The Bertz CT molecular complexity index is 846. The maximum atomic E-state index is 12.3. The third-order valence-corrected chi connectivity index (χ3v) is 5.50. The molecule has 0 bridgehead atoms. The van der Waals surface area contributed by atoms with Crippen LogP contribution in [0.5, 0.6) is 5.75 Å². The topological polar surface area (TPSA) is 75.7 Å². The second-order valence-electron chi connectivity index (χ2n) is 5.83. The van der Waals surface area contributed by atoms with E-state index in [0.717, 1.165) is 9.87 Å².